The number of hydrogen-bond donors (Lipinski definition) is 2. The smallest absolute Gasteiger partial charge is 0.162 e. The maximum absolute atomic E-state index is 14.6. The molecule has 0 radical (unpaired) electrons. The lowest BCUT2D eigenvalue weighted by molar-refractivity contribution is 0.0978. The Hall–Kier alpha value is -3.38. The van der Waals surface area contributed by atoms with Gasteiger partial charge in [-0.15, -0.1) is 0 Å². The standard InChI is InChI=1S/C27H23F3N2O/c28-18-9-7-16(8-10-18)25(33)6-2-5-20-14-24-22(15-31-20)26-21(11-12-23(30)27(26)32-24)17-3-1-4-19(29)13-17/h1,3-4,7-13,20,31-32H,2,5-6,14-15H2. The van der Waals surface area contributed by atoms with Gasteiger partial charge in [0.05, 0.1) is 5.52 Å². The van der Waals surface area contributed by atoms with Crippen LogP contribution in [0.25, 0.3) is 22.0 Å². The average Bonchev–Trinajstić information content (AvgIpc) is 3.19. The van der Waals surface area contributed by atoms with E-state index >= 15 is 0 Å². The molecule has 0 fully saturated rings. The number of carbonyl (C=O) groups is 1. The van der Waals surface area contributed by atoms with Crippen LogP contribution < -0.4 is 5.32 Å². The number of aromatic amines is 1. The molecule has 2 heterocycles. The zero-order chi connectivity index (χ0) is 22.9. The van der Waals surface area contributed by atoms with Crippen molar-refractivity contribution in [3.8, 4) is 11.1 Å². The van der Waals surface area contributed by atoms with E-state index in [0.717, 1.165) is 28.6 Å². The predicted molar refractivity (Wildman–Crippen MR) is 123 cm³/mol. The fourth-order valence-electron chi connectivity index (χ4n) is 4.71. The molecule has 0 aliphatic carbocycles. The zero-order valence-corrected chi connectivity index (χ0v) is 17.9. The monoisotopic (exact) mass is 448 g/mol. The Kier molecular flexibility index (Phi) is 5.77. The number of halogens is 3. The number of H-pyrrole nitrogens is 1. The summed E-state index contributed by atoms with van der Waals surface area (Å²) in [5.41, 5.74) is 4.45. The van der Waals surface area contributed by atoms with Crippen molar-refractivity contribution in [2.45, 2.75) is 38.3 Å². The van der Waals surface area contributed by atoms with Crippen LogP contribution in [-0.4, -0.2) is 16.8 Å². The van der Waals surface area contributed by atoms with Crippen molar-refractivity contribution < 1.29 is 18.0 Å². The summed E-state index contributed by atoms with van der Waals surface area (Å²) in [6.07, 6.45) is 2.58. The van der Waals surface area contributed by atoms with Gasteiger partial charge < -0.3 is 10.3 Å². The SMILES string of the molecule is O=C(CCCC1Cc2[nH]c3c(F)ccc(-c4cccc(F)c4)c3c2CN1)c1ccc(F)cc1. The van der Waals surface area contributed by atoms with Gasteiger partial charge in [0, 0.05) is 42.1 Å². The van der Waals surface area contributed by atoms with Gasteiger partial charge in [0.15, 0.2) is 5.78 Å². The molecule has 0 spiro atoms. The van der Waals surface area contributed by atoms with Crippen molar-refractivity contribution in [1.82, 2.24) is 10.3 Å². The van der Waals surface area contributed by atoms with Gasteiger partial charge in [-0.1, -0.05) is 18.2 Å². The van der Waals surface area contributed by atoms with Gasteiger partial charge >= 0.3 is 0 Å². The molecule has 33 heavy (non-hydrogen) atoms. The van der Waals surface area contributed by atoms with Crippen molar-refractivity contribution in [2.75, 3.05) is 0 Å². The van der Waals surface area contributed by atoms with Crippen LogP contribution >= 0.6 is 0 Å². The predicted octanol–water partition coefficient (Wildman–Crippen LogP) is 6.32. The molecule has 0 bridgehead atoms. The first-order chi connectivity index (χ1) is 16.0. The summed E-state index contributed by atoms with van der Waals surface area (Å²) in [6.45, 7) is 0.567. The number of carbonyl (C=O) groups excluding carboxylic acids is 1. The van der Waals surface area contributed by atoms with Gasteiger partial charge in [-0.3, -0.25) is 4.79 Å². The Balaban J connectivity index is 1.32. The van der Waals surface area contributed by atoms with E-state index in [2.05, 4.69) is 10.3 Å². The molecule has 1 aliphatic heterocycles. The maximum atomic E-state index is 14.6. The molecule has 1 unspecified atom stereocenters. The molecule has 6 heteroatoms. The lowest BCUT2D eigenvalue weighted by atomic mass is 9.93. The largest absolute Gasteiger partial charge is 0.356 e. The van der Waals surface area contributed by atoms with Gasteiger partial charge in [0.25, 0.3) is 0 Å². The Bertz CT molecular complexity index is 1330. The molecule has 1 atom stereocenters. The number of Topliss-reactive ketones (excluding diaryl/α,β-unsaturated/α-hetero) is 1. The highest BCUT2D eigenvalue weighted by atomic mass is 19.1. The molecule has 1 aromatic heterocycles. The second kappa shape index (κ2) is 8.87. The number of fused-ring (bicyclic) bond motifs is 3. The molecule has 1 aliphatic rings. The number of hydrogen-bond acceptors (Lipinski definition) is 2. The number of nitrogens with one attached hydrogen (secondary N) is 2. The van der Waals surface area contributed by atoms with Crippen LogP contribution in [0.4, 0.5) is 13.2 Å². The third kappa shape index (κ3) is 4.31. The minimum Gasteiger partial charge on any atom is -0.356 e. The maximum Gasteiger partial charge on any atom is 0.162 e. The molecule has 3 aromatic carbocycles. The van der Waals surface area contributed by atoms with Gasteiger partial charge in [0.2, 0.25) is 0 Å². The minimum atomic E-state index is -0.357. The van der Waals surface area contributed by atoms with Crippen LogP contribution in [0.5, 0.6) is 0 Å². The summed E-state index contributed by atoms with van der Waals surface area (Å²) in [7, 11) is 0. The molecule has 5 rings (SSSR count). The third-order valence-electron chi connectivity index (χ3n) is 6.37. The van der Waals surface area contributed by atoms with E-state index < -0.39 is 0 Å². The lowest BCUT2D eigenvalue weighted by Crippen LogP contribution is -2.35. The van der Waals surface area contributed by atoms with Gasteiger partial charge in [-0.2, -0.15) is 0 Å². The first-order valence-electron chi connectivity index (χ1n) is 11.1. The molecule has 0 amide bonds. The summed E-state index contributed by atoms with van der Waals surface area (Å²) in [5, 5.41) is 4.29. The Morgan fingerprint density at radius 1 is 0.970 bits per heavy atom. The zero-order valence-electron chi connectivity index (χ0n) is 17.9. The van der Waals surface area contributed by atoms with Crippen molar-refractivity contribution in [3.63, 3.8) is 0 Å². The van der Waals surface area contributed by atoms with Crippen molar-refractivity contribution in [2.24, 2.45) is 0 Å². The highest BCUT2D eigenvalue weighted by Crippen LogP contribution is 2.36. The van der Waals surface area contributed by atoms with E-state index in [1.54, 1.807) is 12.1 Å². The Labute approximate surface area is 189 Å². The van der Waals surface area contributed by atoms with Gasteiger partial charge in [-0.25, -0.2) is 13.2 Å². The first kappa shape index (κ1) is 21.5. The van der Waals surface area contributed by atoms with Crippen LogP contribution in [0.2, 0.25) is 0 Å². The summed E-state index contributed by atoms with van der Waals surface area (Å²) >= 11 is 0. The number of aromatic nitrogens is 1. The minimum absolute atomic E-state index is 0.00100. The third-order valence-corrected chi connectivity index (χ3v) is 6.37. The second-order valence-corrected chi connectivity index (χ2v) is 8.54. The highest BCUT2D eigenvalue weighted by molar-refractivity contribution is 5.99. The van der Waals surface area contributed by atoms with E-state index in [1.807, 2.05) is 6.07 Å². The summed E-state index contributed by atoms with van der Waals surface area (Å²) in [4.78, 5) is 15.6. The normalized spacial score (nSPS) is 15.5. The molecule has 4 aromatic rings. The van der Waals surface area contributed by atoms with Gasteiger partial charge in [-0.05, 0) is 72.0 Å². The molecule has 0 saturated carbocycles. The van der Waals surface area contributed by atoms with Crippen molar-refractivity contribution >= 4 is 16.7 Å². The van der Waals surface area contributed by atoms with E-state index in [0.29, 0.717) is 42.5 Å². The number of benzene rings is 3. The fraction of sp³-hybridized carbons (Fsp3) is 0.222. The lowest BCUT2D eigenvalue weighted by Gasteiger charge is -2.24. The van der Waals surface area contributed by atoms with Crippen LogP contribution in [-0.2, 0) is 13.0 Å². The molecular weight excluding hydrogens is 425 g/mol. The molecule has 0 saturated heterocycles. The van der Waals surface area contributed by atoms with Crippen LogP contribution in [0.15, 0.2) is 60.7 Å². The first-order valence-corrected chi connectivity index (χ1v) is 11.1. The summed E-state index contributed by atoms with van der Waals surface area (Å²) < 4.78 is 41.5. The quantitative estimate of drug-likeness (QED) is 0.339. The Morgan fingerprint density at radius 3 is 2.58 bits per heavy atom. The van der Waals surface area contributed by atoms with E-state index in [4.69, 9.17) is 0 Å². The number of rotatable bonds is 6. The molecular formula is C27H23F3N2O. The fourth-order valence-corrected chi connectivity index (χ4v) is 4.71. The molecule has 168 valence electrons. The molecule has 2 N–H and O–H groups in total. The van der Waals surface area contributed by atoms with Crippen molar-refractivity contribution in [3.05, 3.63) is 94.9 Å². The molecule has 3 nitrogen and oxygen atoms in total. The van der Waals surface area contributed by atoms with Crippen LogP contribution in [0, 0.1) is 17.5 Å². The van der Waals surface area contributed by atoms with E-state index in [9.17, 15) is 18.0 Å². The van der Waals surface area contributed by atoms with Crippen LogP contribution in [0.3, 0.4) is 0 Å². The average molecular weight is 448 g/mol. The van der Waals surface area contributed by atoms with Gasteiger partial charge in [0.1, 0.15) is 17.5 Å². The van der Waals surface area contributed by atoms with E-state index in [1.165, 1.54) is 42.5 Å². The summed E-state index contributed by atoms with van der Waals surface area (Å²) in [5.74, 6) is -1.02. The van der Waals surface area contributed by atoms with Crippen molar-refractivity contribution in [1.29, 1.82) is 0 Å². The Morgan fingerprint density at radius 2 is 1.79 bits per heavy atom. The van der Waals surface area contributed by atoms with E-state index in [-0.39, 0.29) is 29.3 Å². The number of ketones is 1. The summed E-state index contributed by atoms with van der Waals surface area (Å²) in [6, 6.07) is 15.2. The highest BCUT2D eigenvalue weighted by Gasteiger charge is 2.25. The topological polar surface area (TPSA) is 44.9 Å². The van der Waals surface area contributed by atoms with Crippen LogP contribution in [0.1, 0.15) is 40.9 Å². The second-order valence-electron chi connectivity index (χ2n) is 8.54.